The van der Waals surface area contributed by atoms with Gasteiger partial charge in [0.05, 0.1) is 0 Å². The highest BCUT2D eigenvalue weighted by atomic mass is 127. The van der Waals surface area contributed by atoms with Gasteiger partial charge in [-0.05, 0) is 36.2 Å². The van der Waals surface area contributed by atoms with Gasteiger partial charge in [0.25, 0.3) is 0 Å². The summed E-state index contributed by atoms with van der Waals surface area (Å²) >= 11 is 1.71. The van der Waals surface area contributed by atoms with Gasteiger partial charge < -0.3 is 10.6 Å². The molecule has 0 saturated heterocycles. The fraction of sp³-hybridized carbons (Fsp3) is 0.500. The van der Waals surface area contributed by atoms with Crippen molar-refractivity contribution in [2.75, 3.05) is 7.05 Å². The molecule has 0 aliphatic carbocycles. The van der Waals surface area contributed by atoms with Crippen LogP contribution in [0.2, 0.25) is 0 Å². The van der Waals surface area contributed by atoms with E-state index in [1.54, 1.807) is 18.4 Å². The second-order valence-electron chi connectivity index (χ2n) is 3.36. The van der Waals surface area contributed by atoms with Gasteiger partial charge in [0.1, 0.15) is 0 Å². The summed E-state index contributed by atoms with van der Waals surface area (Å²) in [6.07, 6.45) is 0. The summed E-state index contributed by atoms with van der Waals surface area (Å²) in [6, 6.07) is 2.52. The first-order valence-corrected chi connectivity index (χ1v) is 5.65. The van der Waals surface area contributed by atoms with Crippen molar-refractivity contribution in [3.8, 4) is 0 Å². The van der Waals surface area contributed by atoms with E-state index in [0.29, 0.717) is 6.04 Å². The molecule has 0 amide bonds. The smallest absolute Gasteiger partial charge is 0.191 e. The molecule has 0 aliphatic rings. The van der Waals surface area contributed by atoms with Gasteiger partial charge in [-0.25, -0.2) is 0 Å². The monoisotopic (exact) mass is 339 g/mol. The summed E-state index contributed by atoms with van der Waals surface area (Å²) in [5, 5.41) is 10.7. The minimum Gasteiger partial charge on any atom is -0.354 e. The van der Waals surface area contributed by atoms with Crippen molar-refractivity contribution in [3.63, 3.8) is 0 Å². The van der Waals surface area contributed by atoms with Crippen LogP contribution >= 0.6 is 35.3 Å². The van der Waals surface area contributed by atoms with Gasteiger partial charge in [0.2, 0.25) is 0 Å². The fourth-order valence-electron chi connectivity index (χ4n) is 1.05. The maximum absolute atomic E-state index is 4.13. The molecule has 1 rings (SSSR count). The van der Waals surface area contributed by atoms with Crippen LogP contribution < -0.4 is 10.6 Å². The molecule has 0 aliphatic heterocycles. The lowest BCUT2D eigenvalue weighted by Gasteiger charge is -2.13. The minimum atomic E-state index is 0. The number of rotatable bonds is 3. The number of nitrogens with one attached hydrogen (secondary N) is 2. The number of aliphatic imine (C=N–C) groups is 1. The van der Waals surface area contributed by atoms with E-state index in [0.717, 1.165) is 12.5 Å². The van der Waals surface area contributed by atoms with Crippen molar-refractivity contribution in [1.29, 1.82) is 0 Å². The van der Waals surface area contributed by atoms with Crippen LogP contribution in [0, 0.1) is 0 Å². The first kappa shape index (κ1) is 14.7. The summed E-state index contributed by atoms with van der Waals surface area (Å²) in [4.78, 5) is 4.13. The molecule has 1 aromatic heterocycles. The Balaban J connectivity index is 0.00000196. The first-order valence-electron chi connectivity index (χ1n) is 4.70. The van der Waals surface area contributed by atoms with Gasteiger partial charge in [-0.2, -0.15) is 11.3 Å². The maximum Gasteiger partial charge on any atom is 0.191 e. The van der Waals surface area contributed by atoms with E-state index in [-0.39, 0.29) is 24.0 Å². The molecule has 0 fully saturated rings. The summed E-state index contributed by atoms with van der Waals surface area (Å²) in [5.74, 6) is 0.853. The van der Waals surface area contributed by atoms with E-state index in [4.69, 9.17) is 0 Å². The lowest BCUT2D eigenvalue weighted by molar-refractivity contribution is 0.700. The van der Waals surface area contributed by atoms with Crippen molar-refractivity contribution in [2.24, 2.45) is 4.99 Å². The van der Waals surface area contributed by atoms with Crippen molar-refractivity contribution < 1.29 is 0 Å². The highest BCUT2D eigenvalue weighted by molar-refractivity contribution is 14.0. The van der Waals surface area contributed by atoms with Gasteiger partial charge in [0, 0.05) is 19.6 Å². The molecule has 0 atom stereocenters. The van der Waals surface area contributed by atoms with Crippen LogP contribution in [0.1, 0.15) is 19.4 Å². The van der Waals surface area contributed by atoms with E-state index in [1.165, 1.54) is 5.56 Å². The van der Waals surface area contributed by atoms with Crippen LogP contribution in [0.4, 0.5) is 0 Å². The molecular weight excluding hydrogens is 321 g/mol. The third-order valence-corrected chi connectivity index (χ3v) is 2.42. The number of nitrogens with zero attached hydrogens (tertiary/aromatic N) is 1. The Morgan fingerprint density at radius 1 is 1.53 bits per heavy atom. The Morgan fingerprint density at radius 3 is 2.73 bits per heavy atom. The van der Waals surface area contributed by atoms with Gasteiger partial charge >= 0.3 is 0 Å². The quantitative estimate of drug-likeness (QED) is 0.504. The average Bonchev–Trinajstić information content (AvgIpc) is 2.64. The average molecular weight is 339 g/mol. The van der Waals surface area contributed by atoms with Crippen molar-refractivity contribution in [1.82, 2.24) is 10.6 Å². The van der Waals surface area contributed by atoms with Gasteiger partial charge in [0.15, 0.2) is 5.96 Å². The molecule has 0 bridgehead atoms. The summed E-state index contributed by atoms with van der Waals surface area (Å²) in [6.45, 7) is 5.02. The zero-order chi connectivity index (χ0) is 10.4. The standard InChI is InChI=1S/C10H17N3S.HI/c1-8(2)13-10(11-3)12-6-9-4-5-14-7-9;/h4-5,7-8H,6H2,1-3H3,(H2,11,12,13);1H. The second kappa shape index (κ2) is 7.92. The number of halogens is 1. The van der Waals surface area contributed by atoms with Crippen molar-refractivity contribution in [3.05, 3.63) is 22.4 Å². The number of hydrogen-bond donors (Lipinski definition) is 2. The normalized spacial score (nSPS) is 11.1. The summed E-state index contributed by atoms with van der Waals surface area (Å²) in [7, 11) is 1.78. The zero-order valence-corrected chi connectivity index (χ0v) is 12.4. The van der Waals surface area contributed by atoms with Gasteiger partial charge in [-0.3, -0.25) is 4.99 Å². The molecule has 0 radical (unpaired) electrons. The Bertz CT molecular complexity index is 283. The molecular formula is C10H18IN3S. The topological polar surface area (TPSA) is 36.4 Å². The van der Waals surface area contributed by atoms with Crippen molar-refractivity contribution in [2.45, 2.75) is 26.4 Å². The molecule has 1 heterocycles. The third-order valence-electron chi connectivity index (χ3n) is 1.69. The molecule has 5 heteroatoms. The SMILES string of the molecule is CN=C(NCc1ccsc1)NC(C)C.I. The van der Waals surface area contributed by atoms with Crippen LogP contribution in [0.5, 0.6) is 0 Å². The summed E-state index contributed by atoms with van der Waals surface area (Å²) < 4.78 is 0. The molecule has 1 aromatic rings. The van der Waals surface area contributed by atoms with Crippen molar-refractivity contribution >= 4 is 41.3 Å². The predicted molar refractivity (Wildman–Crippen MR) is 78.2 cm³/mol. The predicted octanol–water partition coefficient (Wildman–Crippen LogP) is 2.44. The van der Waals surface area contributed by atoms with E-state index in [2.05, 4.69) is 46.3 Å². The molecule has 0 saturated carbocycles. The van der Waals surface area contributed by atoms with E-state index < -0.39 is 0 Å². The van der Waals surface area contributed by atoms with Crippen LogP contribution in [-0.4, -0.2) is 19.0 Å². The molecule has 2 N–H and O–H groups in total. The lowest BCUT2D eigenvalue weighted by atomic mass is 10.3. The zero-order valence-electron chi connectivity index (χ0n) is 9.28. The Kier molecular flexibility index (Phi) is 7.76. The van der Waals surface area contributed by atoms with E-state index in [9.17, 15) is 0 Å². The Hall–Kier alpha value is -0.300. The maximum atomic E-state index is 4.13. The molecule has 15 heavy (non-hydrogen) atoms. The first-order chi connectivity index (χ1) is 6.72. The Labute approximate surface area is 112 Å². The molecule has 0 spiro atoms. The van der Waals surface area contributed by atoms with Gasteiger partial charge in [-0.1, -0.05) is 0 Å². The summed E-state index contributed by atoms with van der Waals surface area (Å²) in [5.41, 5.74) is 1.29. The minimum absolute atomic E-state index is 0. The second-order valence-corrected chi connectivity index (χ2v) is 4.14. The number of hydrogen-bond acceptors (Lipinski definition) is 2. The van der Waals surface area contributed by atoms with Crippen LogP contribution in [0.3, 0.4) is 0 Å². The fourth-order valence-corrected chi connectivity index (χ4v) is 1.72. The Morgan fingerprint density at radius 2 is 2.27 bits per heavy atom. The highest BCUT2D eigenvalue weighted by Gasteiger charge is 1.99. The van der Waals surface area contributed by atoms with Crippen LogP contribution in [0.25, 0.3) is 0 Å². The van der Waals surface area contributed by atoms with Crippen LogP contribution in [0.15, 0.2) is 21.8 Å². The molecule has 86 valence electrons. The molecule has 3 nitrogen and oxygen atoms in total. The largest absolute Gasteiger partial charge is 0.354 e. The lowest BCUT2D eigenvalue weighted by Crippen LogP contribution is -2.40. The number of thiophene rings is 1. The highest BCUT2D eigenvalue weighted by Crippen LogP contribution is 2.04. The van der Waals surface area contributed by atoms with Crippen LogP contribution in [-0.2, 0) is 6.54 Å². The van der Waals surface area contributed by atoms with E-state index in [1.807, 2.05) is 0 Å². The molecule has 0 unspecified atom stereocenters. The number of guanidine groups is 1. The molecule has 0 aromatic carbocycles. The third kappa shape index (κ3) is 5.99. The van der Waals surface area contributed by atoms with Gasteiger partial charge in [-0.15, -0.1) is 24.0 Å². The van der Waals surface area contributed by atoms with E-state index >= 15 is 0 Å².